The van der Waals surface area contributed by atoms with Crippen LogP contribution in [0.3, 0.4) is 0 Å². The van der Waals surface area contributed by atoms with Crippen molar-refractivity contribution in [3.05, 3.63) is 78.1 Å². The minimum atomic E-state index is -3.23. The average molecular weight is 369 g/mol. The van der Waals surface area contributed by atoms with Crippen molar-refractivity contribution in [3.8, 4) is 5.69 Å². The molecule has 3 rings (SSSR count). The number of nitrogens with zero attached hydrogens (tertiary/aromatic N) is 2. The lowest BCUT2D eigenvalue weighted by molar-refractivity contribution is 0.0940. The van der Waals surface area contributed by atoms with Gasteiger partial charge in [-0.25, -0.2) is 13.1 Å². The van der Waals surface area contributed by atoms with Crippen LogP contribution in [0.1, 0.15) is 28.9 Å². The summed E-state index contributed by atoms with van der Waals surface area (Å²) in [7, 11) is -3.23. The Morgan fingerprint density at radius 3 is 2.46 bits per heavy atom. The van der Waals surface area contributed by atoms with Crippen LogP contribution in [0.25, 0.3) is 5.69 Å². The maximum Gasteiger partial charge on any atom is 0.251 e. The highest BCUT2D eigenvalue weighted by Gasteiger charge is 2.13. The fraction of sp³-hybridized carbons (Fsp3) is 0.158. The molecule has 7 heteroatoms. The second-order valence-corrected chi connectivity index (χ2v) is 8.05. The molecule has 0 bridgehead atoms. The van der Waals surface area contributed by atoms with Gasteiger partial charge >= 0.3 is 0 Å². The molecule has 134 valence electrons. The molecule has 0 aliphatic rings. The largest absolute Gasteiger partial charge is 0.346 e. The number of amides is 1. The van der Waals surface area contributed by atoms with Gasteiger partial charge in [0.25, 0.3) is 5.91 Å². The van der Waals surface area contributed by atoms with Crippen LogP contribution in [0.4, 0.5) is 0 Å². The van der Waals surface area contributed by atoms with Gasteiger partial charge in [0.15, 0.2) is 9.84 Å². The molecule has 0 aliphatic carbocycles. The Kier molecular flexibility index (Phi) is 4.90. The summed E-state index contributed by atoms with van der Waals surface area (Å²) in [6.45, 7) is 1.85. The minimum absolute atomic E-state index is 0.210. The third-order valence-corrected chi connectivity index (χ3v) is 5.16. The van der Waals surface area contributed by atoms with Crippen molar-refractivity contribution in [2.24, 2.45) is 0 Å². The molecular formula is C19H19N3O3S. The molecule has 0 unspecified atom stereocenters. The van der Waals surface area contributed by atoms with Gasteiger partial charge in [-0.2, -0.15) is 5.10 Å². The minimum Gasteiger partial charge on any atom is -0.346 e. The molecular weight excluding hydrogens is 350 g/mol. The molecule has 1 aromatic heterocycles. The van der Waals surface area contributed by atoms with E-state index in [1.165, 1.54) is 6.26 Å². The Morgan fingerprint density at radius 2 is 1.85 bits per heavy atom. The second-order valence-electron chi connectivity index (χ2n) is 6.04. The molecule has 6 nitrogen and oxygen atoms in total. The van der Waals surface area contributed by atoms with Crippen LogP contribution in [0.2, 0.25) is 0 Å². The normalized spacial score (nSPS) is 12.5. The van der Waals surface area contributed by atoms with E-state index in [1.807, 2.05) is 25.3 Å². The quantitative estimate of drug-likeness (QED) is 0.750. The zero-order chi connectivity index (χ0) is 18.7. The summed E-state index contributed by atoms with van der Waals surface area (Å²) in [5.74, 6) is -0.210. The van der Waals surface area contributed by atoms with E-state index in [0.29, 0.717) is 5.56 Å². The van der Waals surface area contributed by atoms with Crippen LogP contribution in [-0.2, 0) is 9.84 Å². The van der Waals surface area contributed by atoms with Crippen molar-refractivity contribution in [3.63, 3.8) is 0 Å². The van der Waals surface area contributed by atoms with Gasteiger partial charge in [-0.1, -0.05) is 18.2 Å². The van der Waals surface area contributed by atoms with Crippen LogP contribution in [0, 0.1) is 0 Å². The Balaban J connectivity index is 1.74. The summed E-state index contributed by atoms with van der Waals surface area (Å²) in [6, 6.07) is 15.2. The summed E-state index contributed by atoms with van der Waals surface area (Å²) in [5.41, 5.74) is 2.15. The van der Waals surface area contributed by atoms with Crippen molar-refractivity contribution in [2.45, 2.75) is 17.9 Å². The van der Waals surface area contributed by atoms with Crippen LogP contribution in [0.15, 0.2) is 71.9 Å². The van der Waals surface area contributed by atoms with Gasteiger partial charge in [0.2, 0.25) is 0 Å². The van der Waals surface area contributed by atoms with Gasteiger partial charge in [0, 0.05) is 24.2 Å². The molecule has 2 aromatic carbocycles. The lowest BCUT2D eigenvalue weighted by Crippen LogP contribution is -2.26. The van der Waals surface area contributed by atoms with Crippen LogP contribution in [-0.4, -0.2) is 30.4 Å². The molecule has 1 amide bonds. The average Bonchev–Trinajstić information content (AvgIpc) is 3.16. The van der Waals surface area contributed by atoms with Gasteiger partial charge in [0.05, 0.1) is 16.6 Å². The lowest BCUT2D eigenvalue weighted by atomic mass is 10.1. The first kappa shape index (κ1) is 17.9. The Hall–Kier alpha value is -2.93. The van der Waals surface area contributed by atoms with Crippen molar-refractivity contribution >= 4 is 15.7 Å². The highest BCUT2D eigenvalue weighted by molar-refractivity contribution is 7.90. The molecule has 26 heavy (non-hydrogen) atoms. The van der Waals surface area contributed by atoms with E-state index in [4.69, 9.17) is 0 Å². The molecule has 0 saturated carbocycles. The summed E-state index contributed by atoms with van der Waals surface area (Å²) in [4.78, 5) is 12.8. The number of aromatic nitrogens is 2. The lowest BCUT2D eigenvalue weighted by Gasteiger charge is -2.15. The number of hydrogen-bond acceptors (Lipinski definition) is 4. The van der Waals surface area contributed by atoms with Crippen molar-refractivity contribution in [1.29, 1.82) is 0 Å². The Labute approximate surface area is 152 Å². The summed E-state index contributed by atoms with van der Waals surface area (Å²) >= 11 is 0. The number of sulfone groups is 1. The summed E-state index contributed by atoms with van der Waals surface area (Å²) in [6.07, 6.45) is 4.65. The molecule has 0 fully saturated rings. The molecule has 1 N–H and O–H groups in total. The van der Waals surface area contributed by atoms with Gasteiger partial charge in [-0.05, 0) is 48.9 Å². The van der Waals surface area contributed by atoms with Gasteiger partial charge in [-0.3, -0.25) is 4.79 Å². The van der Waals surface area contributed by atoms with Gasteiger partial charge in [-0.15, -0.1) is 0 Å². The summed E-state index contributed by atoms with van der Waals surface area (Å²) in [5, 5.41) is 7.08. The van der Waals surface area contributed by atoms with Crippen LogP contribution < -0.4 is 5.32 Å². The number of carbonyl (C=O) groups is 1. The molecule has 0 radical (unpaired) electrons. The zero-order valence-electron chi connectivity index (χ0n) is 14.5. The zero-order valence-corrected chi connectivity index (χ0v) is 15.3. The topological polar surface area (TPSA) is 81.1 Å². The number of hydrogen-bond donors (Lipinski definition) is 1. The molecule has 3 aromatic rings. The fourth-order valence-corrected chi connectivity index (χ4v) is 3.21. The van der Waals surface area contributed by atoms with E-state index in [2.05, 4.69) is 10.4 Å². The first-order valence-electron chi connectivity index (χ1n) is 8.05. The highest BCUT2D eigenvalue weighted by Crippen LogP contribution is 2.17. The predicted octanol–water partition coefficient (Wildman–Crippen LogP) is 2.77. The Morgan fingerprint density at radius 1 is 1.12 bits per heavy atom. The standard InChI is InChI=1S/C19H19N3O3S/c1-14(15-7-9-18(10-8-15)26(2,24)25)21-19(23)16-5-3-6-17(13-16)22-12-4-11-20-22/h3-14H,1-2H3,(H,21,23)/t14-/m0/s1. The highest BCUT2D eigenvalue weighted by atomic mass is 32.2. The molecule has 0 spiro atoms. The maximum atomic E-state index is 12.5. The molecule has 0 aliphatic heterocycles. The van der Waals surface area contributed by atoms with E-state index in [9.17, 15) is 13.2 Å². The Bertz CT molecular complexity index is 1010. The first-order chi connectivity index (χ1) is 12.3. The van der Waals surface area contributed by atoms with Crippen LogP contribution >= 0.6 is 0 Å². The van der Waals surface area contributed by atoms with Crippen molar-refractivity contribution < 1.29 is 13.2 Å². The van der Waals surface area contributed by atoms with E-state index in [1.54, 1.807) is 53.3 Å². The third kappa shape index (κ3) is 4.00. The van der Waals surface area contributed by atoms with E-state index < -0.39 is 9.84 Å². The summed E-state index contributed by atoms with van der Waals surface area (Å²) < 4.78 is 24.7. The number of nitrogens with one attached hydrogen (secondary N) is 1. The first-order valence-corrected chi connectivity index (χ1v) is 9.95. The molecule has 0 saturated heterocycles. The van der Waals surface area contributed by atoms with Crippen molar-refractivity contribution in [2.75, 3.05) is 6.26 Å². The maximum absolute atomic E-state index is 12.5. The predicted molar refractivity (Wildman–Crippen MR) is 99.0 cm³/mol. The van der Waals surface area contributed by atoms with Gasteiger partial charge in [0.1, 0.15) is 0 Å². The SMILES string of the molecule is C[C@H](NC(=O)c1cccc(-n2cccn2)c1)c1ccc(S(C)(=O)=O)cc1. The second kappa shape index (κ2) is 7.13. The van der Waals surface area contributed by atoms with Crippen LogP contribution in [0.5, 0.6) is 0 Å². The van der Waals surface area contributed by atoms with E-state index in [-0.39, 0.29) is 16.8 Å². The smallest absolute Gasteiger partial charge is 0.251 e. The van der Waals surface area contributed by atoms with E-state index >= 15 is 0 Å². The number of benzene rings is 2. The third-order valence-electron chi connectivity index (χ3n) is 4.03. The molecule has 1 heterocycles. The van der Waals surface area contributed by atoms with Gasteiger partial charge < -0.3 is 5.32 Å². The molecule has 1 atom stereocenters. The van der Waals surface area contributed by atoms with E-state index in [0.717, 1.165) is 11.3 Å². The number of carbonyl (C=O) groups excluding carboxylic acids is 1. The number of rotatable bonds is 5. The fourth-order valence-electron chi connectivity index (χ4n) is 2.58. The monoisotopic (exact) mass is 369 g/mol. The van der Waals surface area contributed by atoms with Crippen molar-refractivity contribution in [1.82, 2.24) is 15.1 Å².